The van der Waals surface area contributed by atoms with Crippen molar-refractivity contribution in [3.63, 3.8) is 0 Å². The van der Waals surface area contributed by atoms with E-state index in [1.165, 1.54) is 6.92 Å². The Labute approximate surface area is 167 Å². The van der Waals surface area contributed by atoms with Crippen molar-refractivity contribution in [2.75, 3.05) is 5.33 Å². The third kappa shape index (κ3) is 6.43. The molecule has 0 fully saturated rings. The summed E-state index contributed by atoms with van der Waals surface area (Å²) in [6.07, 6.45) is 0. The van der Waals surface area contributed by atoms with Crippen LogP contribution in [0.25, 0.3) is 0 Å². The second kappa shape index (κ2) is 10.7. The maximum absolute atomic E-state index is 11.2. The highest BCUT2D eigenvalue weighted by Crippen LogP contribution is 2.24. The lowest BCUT2D eigenvalue weighted by atomic mass is 10.1. The maximum atomic E-state index is 11.2. The number of nitrogens with zero attached hydrogens (tertiary/aromatic N) is 2. The van der Waals surface area contributed by atoms with Gasteiger partial charge in [0.1, 0.15) is 11.5 Å². The number of nitro benzene ring substituents is 2. The highest BCUT2D eigenvalue weighted by Gasteiger charge is 2.15. The number of nitro groups is 2. The molecule has 0 amide bonds. The lowest BCUT2D eigenvalue weighted by molar-refractivity contribution is -0.385. The first-order valence-electron chi connectivity index (χ1n) is 7.13. The van der Waals surface area contributed by atoms with Gasteiger partial charge in [-0.1, -0.05) is 23.4 Å². The standard InChI is InChI=1S/C8H6BrNO4.C8H7NO4.CH4/c9-4-8(12)6-3-5(10(13)14)1-2-7(6)11;1-5(10)7-4-6(9(12)13)2-3-8(7)11;/h1-3,11H,4H2;2-4,11H,1H3;1H4. The van der Waals surface area contributed by atoms with Gasteiger partial charge in [0.15, 0.2) is 11.6 Å². The van der Waals surface area contributed by atoms with Gasteiger partial charge in [-0.2, -0.15) is 0 Å². The van der Waals surface area contributed by atoms with Gasteiger partial charge in [-0.25, -0.2) is 0 Å². The Morgan fingerprint density at radius 3 is 1.68 bits per heavy atom. The van der Waals surface area contributed by atoms with Gasteiger partial charge in [0.05, 0.1) is 26.3 Å². The predicted molar refractivity (Wildman–Crippen MR) is 104 cm³/mol. The Morgan fingerprint density at radius 2 is 1.32 bits per heavy atom. The Kier molecular flexibility index (Phi) is 9.44. The first-order valence-corrected chi connectivity index (χ1v) is 8.25. The number of benzene rings is 2. The summed E-state index contributed by atoms with van der Waals surface area (Å²) in [5.41, 5.74) is -0.500. The van der Waals surface area contributed by atoms with Crippen LogP contribution in [-0.4, -0.2) is 37.0 Å². The first-order chi connectivity index (χ1) is 12.6. The first kappa shape index (κ1) is 24.7. The molecule has 2 rings (SSSR count). The van der Waals surface area contributed by atoms with Crippen LogP contribution in [0.4, 0.5) is 11.4 Å². The normalized spacial score (nSPS) is 9.36. The minimum Gasteiger partial charge on any atom is -0.507 e. The fraction of sp³-hybridized carbons (Fsp3) is 0.176. The summed E-state index contributed by atoms with van der Waals surface area (Å²) in [7, 11) is 0. The van der Waals surface area contributed by atoms with Crippen LogP contribution in [0.2, 0.25) is 0 Å². The van der Waals surface area contributed by atoms with Crippen molar-refractivity contribution < 1.29 is 29.6 Å². The maximum Gasteiger partial charge on any atom is 0.270 e. The van der Waals surface area contributed by atoms with Gasteiger partial charge in [-0.15, -0.1) is 0 Å². The third-order valence-electron chi connectivity index (χ3n) is 3.18. The summed E-state index contributed by atoms with van der Waals surface area (Å²) in [5.74, 6) is -1.29. The van der Waals surface area contributed by atoms with E-state index < -0.39 is 21.4 Å². The van der Waals surface area contributed by atoms with E-state index in [2.05, 4.69) is 15.9 Å². The van der Waals surface area contributed by atoms with Crippen molar-refractivity contribution in [3.05, 3.63) is 67.8 Å². The number of aromatic hydroxyl groups is 2. The highest BCUT2D eigenvalue weighted by molar-refractivity contribution is 9.09. The van der Waals surface area contributed by atoms with Gasteiger partial charge < -0.3 is 10.2 Å². The van der Waals surface area contributed by atoms with E-state index in [0.29, 0.717) is 0 Å². The highest BCUT2D eigenvalue weighted by atomic mass is 79.9. The van der Waals surface area contributed by atoms with Crippen LogP contribution in [0.5, 0.6) is 11.5 Å². The summed E-state index contributed by atoms with van der Waals surface area (Å²) >= 11 is 2.92. The third-order valence-corrected chi connectivity index (χ3v) is 3.69. The number of rotatable bonds is 5. The molecule has 10 nitrogen and oxygen atoms in total. The topological polar surface area (TPSA) is 161 Å². The fourth-order valence-electron chi connectivity index (χ4n) is 1.85. The molecular formula is C17H17BrN2O8. The largest absolute Gasteiger partial charge is 0.507 e. The van der Waals surface area contributed by atoms with Gasteiger partial charge in [0, 0.05) is 24.3 Å². The van der Waals surface area contributed by atoms with Crippen LogP contribution in [0.1, 0.15) is 35.1 Å². The second-order valence-electron chi connectivity index (χ2n) is 5.03. The van der Waals surface area contributed by atoms with E-state index in [0.717, 1.165) is 36.4 Å². The van der Waals surface area contributed by atoms with Crippen molar-refractivity contribution in [3.8, 4) is 11.5 Å². The molecule has 0 atom stereocenters. The molecule has 0 aliphatic heterocycles. The molecule has 0 heterocycles. The van der Waals surface area contributed by atoms with Crippen molar-refractivity contribution in [1.82, 2.24) is 0 Å². The molecule has 0 saturated carbocycles. The van der Waals surface area contributed by atoms with E-state index in [4.69, 9.17) is 5.11 Å². The van der Waals surface area contributed by atoms with E-state index in [-0.39, 0.29) is 46.8 Å². The Morgan fingerprint density at radius 1 is 0.929 bits per heavy atom. The van der Waals surface area contributed by atoms with E-state index in [9.17, 15) is 34.9 Å². The van der Waals surface area contributed by atoms with Gasteiger partial charge in [-0.3, -0.25) is 29.8 Å². The van der Waals surface area contributed by atoms with Crippen LogP contribution in [-0.2, 0) is 0 Å². The Balaban J connectivity index is 0.000000504. The van der Waals surface area contributed by atoms with Crippen LogP contribution in [0.3, 0.4) is 0 Å². The summed E-state index contributed by atoms with van der Waals surface area (Å²) < 4.78 is 0. The number of hydrogen-bond donors (Lipinski definition) is 2. The van der Waals surface area contributed by atoms with E-state index >= 15 is 0 Å². The van der Waals surface area contributed by atoms with E-state index in [1.807, 2.05) is 0 Å². The van der Waals surface area contributed by atoms with Gasteiger partial charge in [0.25, 0.3) is 11.4 Å². The van der Waals surface area contributed by atoms with Crippen LogP contribution < -0.4 is 0 Å². The number of hydrogen-bond acceptors (Lipinski definition) is 8. The number of phenolic OH excluding ortho intramolecular Hbond substituents is 2. The number of Topliss-reactive ketones (excluding diaryl/α,β-unsaturated/α-hetero) is 2. The number of non-ortho nitro benzene ring substituents is 2. The molecule has 0 aliphatic carbocycles. The summed E-state index contributed by atoms with van der Waals surface area (Å²) in [5, 5.41) is 39.1. The molecule has 2 N–H and O–H groups in total. The predicted octanol–water partition coefficient (Wildman–Crippen LogP) is 4.02. The van der Waals surface area contributed by atoms with Crippen molar-refractivity contribution in [2.24, 2.45) is 0 Å². The number of halogens is 1. The van der Waals surface area contributed by atoms with Crippen molar-refractivity contribution >= 4 is 38.9 Å². The molecule has 0 aromatic heterocycles. The average molecular weight is 457 g/mol. The monoisotopic (exact) mass is 456 g/mol. The molecule has 0 spiro atoms. The van der Waals surface area contributed by atoms with Crippen LogP contribution in [0, 0.1) is 20.2 Å². The minimum atomic E-state index is -0.621. The molecule has 0 saturated heterocycles. The molecule has 2 aromatic rings. The quantitative estimate of drug-likeness (QED) is 0.295. The summed E-state index contributed by atoms with van der Waals surface area (Å²) in [6, 6.07) is 6.65. The van der Waals surface area contributed by atoms with Crippen molar-refractivity contribution in [2.45, 2.75) is 14.4 Å². The fourth-order valence-corrected chi connectivity index (χ4v) is 2.15. The van der Waals surface area contributed by atoms with Crippen LogP contribution in [0.15, 0.2) is 36.4 Å². The molecular weight excluding hydrogens is 440 g/mol. The molecule has 28 heavy (non-hydrogen) atoms. The zero-order valence-electron chi connectivity index (χ0n) is 13.8. The zero-order chi connectivity index (χ0) is 20.7. The number of ketones is 2. The smallest absolute Gasteiger partial charge is 0.270 e. The molecule has 11 heteroatoms. The zero-order valence-corrected chi connectivity index (χ0v) is 15.4. The summed E-state index contributed by atoms with van der Waals surface area (Å²) in [6.45, 7) is 1.23. The molecule has 0 unspecified atom stereocenters. The molecule has 150 valence electrons. The number of carbonyl (C=O) groups excluding carboxylic acids is 2. The Bertz CT molecular complexity index is 914. The second-order valence-corrected chi connectivity index (χ2v) is 5.59. The average Bonchev–Trinajstić information content (AvgIpc) is 2.61. The molecule has 0 radical (unpaired) electrons. The van der Waals surface area contributed by atoms with Crippen LogP contribution >= 0.6 is 15.9 Å². The molecule has 0 bridgehead atoms. The van der Waals surface area contributed by atoms with Gasteiger partial charge in [-0.05, 0) is 19.1 Å². The number of alkyl halides is 1. The lowest BCUT2D eigenvalue weighted by Gasteiger charge is -2.00. The number of phenols is 2. The van der Waals surface area contributed by atoms with Gasteiger partial charge >= 0.3 is 0 Å². The summed E-state index contributed by atoms with van der Waals surface area (Å²) in [4.78, 5) is 41.5. The SMILES string of the molecule is C.CC(=O)c1cc([N+](=O)[O-])ccc1O.O=C(CBr)c1cc([N+](=O)[O-])ccc1O. The molecule has 2 aromatic carbocycles. The van der Waals surface area contributed by atoms with E-state index in [1.54, 1.807) is 0 Å². The number of carbonyl (C=O) groups is 2. The minimum absolute atomic E-state index is 0. The van der Waals surface area contributed by atoms with Gasteiger partial charge in [0.2, 0.25) is 0 Å². The Hall–Kier alpha value is -3.34. The molecule has 0 aliphatic rings. The lowest BCUT2D eigenvalue weighted by Crippen LogP contribution is -2.01. The van der Waals surface area contributed by atoms with Crippen molar-refractivity contribution in [1.29, 1.82) is 0 Å².